The number of benzene rings is 2. The Morgan fingerprint density at radius 1 is 1.00 bits per heavy atom. The second kappa shape index (κ2) is 6.95. The molecule has 2 rings (SSSR count). The molecule has 1 N–H and O–H groups in total. The van der Waals surface area contributed by atoms with Crippen LogP contribution < -0.4 is 5.32 Å². The summed E-state index contributed by atoms with van der Waals surface area (Å²) in [7, 11) is 0. The van der Waals surface area contributed by atoms with E-state index in [4.69, 9.17) is 4.74 Å². The smallest absolute Gasteiger partial charge is 0.416 e. The van der Waals surface area contributed by atoms with Gasteiger partial charge in [0.05, 0.1) is 11.1 Å². The van der Waals surface area contributed by atoms with Crippen LogP contribution in [0.25, 0.3) is 0 Å². The van der Waals surface area contributed by atoms with Crippen molar-refractivity contribution in [1.29, 1.82) is 0 Å². The summed E-state index contributed by atoms with van der Waals surface area (Å²) < 4.78 is 42.4. The fraction of sp³-hybridized carbons (Fsp3) is 0.125. The first-order valence-electron chi connectivity index (χ1n) is 6.55. The molecule has 23 heavy (non-hydrogen) atoms. The number of para-hydroxylation sites is 1. The maximum Gasteiger partial charge on any atom is 0.416 e. The Bertz CT molecular complexity index is 699. The Balaban J connectivity index is 1.93. The second-order valence-electron chi connectivity index (χ2n) is 4.57. The van der Waals surface area contributed by atoms with E-state index in [-0.39, 0.29) is 5.56 Å². The predicted octanol–water partition coefficient (Wildman–Crippen LogP) is 3.50. The number of carbonyl (C=O) groups excluding carboxylic acids is 2. The van der Waals surface area contributed by atoms with E-state index >= 15 is 0 Å². The maximum atomic E-state index is 12.6. The highest BCUT2D eigenvalue weighted by molar-refractivity contribution is 5.95. The molecule has 4 nitrogen and oxygen atoms in total. The quantitative estimate of drug-likeness (QED) is 0.876. The number of anilines is 1. The fourth-order valence-corrected chi connectivity index (χ4v) is 1.76. The lowest BCUT2D eigenvalue weighted by Crippen LogP contribution is -2.21. The number of amides is 1. The van der Waals surface area contributed by atoms with Gasteiger partial charge in [0.1, 0.15) is 0 Å². The minimum absolute atomic E-state index is 0.271. The summed E-state index contributed by atoms with van der Waals surface area (Å²) in [5.41, 5.74) is -0.708. The minimum Gasteiger partial charge on any atom is -0.452 e. The van der Waals surface area contributed by atoms with Crippen molar-refractivity contribution in [2.45, 2.75) is 6.18 Å². The van der Waals surface area contributed by atoms with E-state index in [0.29, 0.717) is 11.8 Å². The lowest BCUT2D eigenvalue weighted by Gasteiger charge is -2.09. The topological polar surface area (TPSA) is 55.4 Å². The van der Waals surface area contributed by atoms with E-state index in [1.54, 1.807) is 30.3 Å². The van der Waals surface area contributed by atoms with Crippen LogP contribution in [0.5, 0.6) is 0 Å². The zero-order valence-corrected chi connectivity index (χ0v) is 11.8. The number of ether oxygens (including phenoxy) is 1. The molecule has 0 aliphatic rings. The van der Waals surface area contributed by atoms with Crippen molar-refractivity contribution >= 4 is 17.6 Å². The van der Waals surface area contributed by atoms with Crippen molar-refractivity contribution in [3.05, 3.63) is 65.7 Å². The zero-order chi connectivity index (χ0) is 16.9. The van der Waals surface area contributed by atoms with Gasteiger partial charge in [0.25, 0.3) is 5.91 Å². The molecule has 0 heterocycles. The molecule has 0 radical (unpaired) electrons. The summed E-state index contributed by atoms with van der Waals surface area (Å²) in [6.45, 7) is -0.593. The van der Waals surface area contributed by atoms with Crippen LogP contribution in [0.2, 0.25) is 0 Å². The van der Waals surface area contributed by atoms with Gasteiger partial charge < -0.3 is 10.1 Å². The number of carbonyl (C=O) groups is 2. The predicted molar refractivity (Wildman–Crippen MR) is 76.8 cm³/mol. The third kappa shape index (κ3) is 4.84. The number of rotatable bonds is 4. The van der Waals surface area contributed by atoms with Crippen molar-refractivity contribution in [3.8, 4) is 0 Å². The van der Waals surface area contributed by atoms with Crippen LogP contribution in [-0.2, 0) is 15.7 Å². The van der Waals surface area contributed by atoms with Gasteiger partial charge in [-0.1, -0.05) is 24.3 Å². The van der Waals surface area contributed by atoms with E-state index in [0.717, 1.165) is 12.1 Å². The van der Waals surface area contributed by atoms with E-state index in [1.165, 1.54) is 6.07 Å². The van der Waals surface area contributed by atoms with Gasteiger partial charge in [0.15, 0.2) is 6.61 Å². The molecule has 0 aromatic heterocycles. The average molecular weight is 323 g/mol. The van der Waals surface area contributed by atoms with E-state index in [2.05, 4.69) is 5.32 Å². The normalized spacial score (nSPS) is 10.9. The Labute approximate surface area is 129 Å². The van der Waals surface area contributed by atoms with Crippen LogP contribution in [0.3, 0.4) is 0 Å². The summed E-state index contributed by atoms with van der Waals surface area (Å²) in [4.78, 5) is 23.3. The van der Waals surface area contributed by atoms with Crippen molar-refractivity contribution in [1.82, 2.24) is 0 Å². The molecular formula is C16H12F3NO3. The molecule has 0 saturated carbocycles. The molecule has 0 aliphatic heterocycles. The number of nitrogens with one attached hydrogen (secondary N) is 1. The molecule has 0 aliphatic carbocycles. The summed E-state index contributed by atoms with van der Waals surface area (Å²) >= 11 is 0. The fourth-order valence-electron chi connectivity index (χ4n) is 1.76. The van der Waals surface area contributed by atoms with Crippen molar-refractivity contribution in [2.24, 2.45) is 0 Å². The number of hydrogen-bond donors (Lipinski definition) is 1. The Kier molecular flexibility index (Phi) is 5.00. The van der Waals surface area contributed by atoms with Gasteiger partial charge in [-0.25, -0.2) is 4.79 Å². The molecular weight excluding hydrogens is 311 g/mol. The molecule has 7 heteroatoms. The Morgan fingerprint density at radius 2 is 1.70 bits per heavy atom. The minimum atomic E-state index is -4.55. The second-order valence-corrected chi connectivity index (χ2v) is 4.57. The molecule has 0 unspecified atom stereocenters. The summed E-state index contributed by atoms with van der Waals surface area (Å²) in [5.74, 6) is -1.59. The Morgan fingerprint density at radius 3 is 2.35 bits per heavy atom. The average Bonchev–Trinajstić information content (AvgIpc) is 2.53. The third-order valence-electron chi connectivity index (χ3n) is 2.82. The van der Waals surface area contributed by atoms with Crippen molar-refractivity contribution < 1.29 is 27.5 Å². The molecule has 0 fully saturated rings. The SMILES string of the molecule is O=C(COC(=O)c1cccc(C(F)(F)F)c1)Nc1ccccc1. The van der Waals surface area contributed by atoms with Crippen molar-refractivity contribution in [3.63, 3.8) is 0 Å². The highest BCUT2D eigenvalue weighted by Crippen LogP contribution is 2.29. The van der Waals surface area contributed by atoms with Gasteiger partial charge in [-0.2, -0.15) is 13.2 Å². The number of esters is 1. The van der Waals surface area contributed by atoms with Gasteiger partial charge in [-0.05, 0) is 30.3 Å². The van der Waals surface area contributed by atoms with Crippen LogP contribution >= 0.6 is 0 Å². The molecule has 120 valence electrons. The van der Waals surface area contributed by atoms with Crippen LogP contribution in [0.1, 0.15) is 15.9 Å². The molecule has 2 aromatic carbocycles. The first-order valence-corrected chi connectivity index (χ1v) is 6.55. The molecule has 2 aromatic rings. The number of alkyl halides is 3. The maximum absolute atomic E-state index is 12.6. The first kappa shape index (κ1) is 16.5. The largest absolute Gasteiger partial charge is 0.452 e. The van der Waals surface area contributed by atoms with E-state index < -0.39 is 30.2 Å². The lowest BCUT2D eigenvalue weighted by molar-refractivity contribution is -0.137. The van der Waals surface area contributed by atoms with Crippen LogP contribution in [0.4, 0.5) is 18.9 Å². The van der Waals surface area contributed by atoms with Crippen LogP contribution in [0, 0.1) is 0 Å². The van der Waals surface area contributed by atoms with E-state index in [9.17, 15) is 22.8 Å². The van der Waals surface area contributed by atoms with E-state index in [1.807, 2.05) is 0 Å². The standard InChI is InChI=1S/C16H12F3NO3/c17-16(18,19)12-6-4-5-11(9-12)15(22)23-10-14(21)20-13-7-2-1-3-8-13/h1-9H,10H2,(H,20,21). The molecule has 1 amide bonds. The monoisotopic (exact) mass is 323 g/mol. The molecule has 0 spiro atoms. The lowest BCUT2D eigenvalue weighted by atomic mass is 10.1. The molecule has 0 bridgehead atoms. The van der Waals surface area contributed by atoms with Crippen LogP contribution in [-0.4, -0.2) is 18.5 Å². The van der Waals surface area contributed by atoms with Gasteiger partial charge in [-0.15, -0.1) is 0 Å². The highest BCUT2D eigenvalue weighted by Gasteiger charge is 2.31. The van der Waals surface area contributed by atoms with Crippen LogP contribution in [0.15, 0.2) is 54.6 Å². The molecule has 0 saturated heterocycles. The van der Waals surface area contributed by atoms with Crippen molar-refractivity contribution in [2.75, 3.05) is 11.9 Å². The summed E-state index contributed by atoms with van der Waals surface area (Å²) in [5, 5.41) is 2.49. The van der Waals surface area contributed by atoms with Gasteiger partial charge in [0.2, 0.25) is 0 Å². The number of halogens is 3. The summed E-state index contributed by atoms with van der Waals surface area (Å²) in [6, 6.07) is 12.3. The van der Waals surface area contributed by atoms with Gasteiger partial charge >= 0.3 is 12.1 Å². The summed E-state index contributed by atoms with van der Waals surface area (Å²) in [6.07, 6.45) is -4.55. The third-order valence-corrected chi connectivity index (χ3v) is 2.82. The zero-order valence-electron chi connectivity index (χ0n) is 11.8. The first-order chi connectivity index (χ1) is 10.9. The highest BCUT2D eigenvalue weighted by atomic mass is 19.4. The molecule has 0 atom stereocenters. The van der Waals surface area contributed by atoms with Gasteiger partial charge in [0, 0.05) is 5.69 Å². The Hall–Kier alpha value is -2.83. The van der Waals surface area contributed by atoms with Gasteiger partial charge in [-0.3, -0.25) is 4.79 Å². The number of hydrogen-bond acceptors (Lipinski definition) is 3.